The minimum absolute atomic E-state index is 0.124. The lowest BCUT2D eigenvalue weighted by Crippen LogP contribution is -2.36. The third-order valence-electron chi connectivity index (χ3n) is 6.59. The van der Waals surface area contributed by atoms with Crippen LogP contribution < -0.4 is 10.1 Å². The zero-order valence-electron chi connectivity index (χ0n) is 23.7. The lowest BCUT2D eigenvalue weighted by Gasteiger charge is -2.27. The SMILES string of the molecule is C=O.CCSc1ccc(C)cc1.Cc1ccc(-c2ccc3c(c2)CCC(CNCC(O)c2cccnc2)O3)cc1. The van der Waals surface area contributed by atoms with Crippen molar-refractivity contribution in [3.05, 3.63) is 114 Å². The van der Waals surface area contributed by atoms with Gasteiger partial charge < -0.3 is 20.0 Å². The van der Waals surface area contributed by atoms with Crippen molar-refractivity contribution < 1.29 is 14.6 Å². The van der Waals surface area contributed by atoms with Gasteiger partial charge in [-0.1, -0.05) is 66.6 Å². The van der Waals surface area contributed by atoms with E-state index >= 15 is 0 Å². The van der Waals surface area contributed by atoms with Gasteiger partial charge in [0.15, 0.2) is 0 Å². The summed E-state index contributed by atoms with van der Waals surface area (Å²) in [5, 5.41) is 13.5. The molecular formula is C34H40N2O3S. The number of aliphatic hydroxyl groups is 1. The van der Waals surface area contributed by atoms with Crippen LogP contribution in [0.15, 0.2) is 96.2 Å². The number of aliphatic hydroxyl groups excluding tert-OH is 1. The van der Waals surface area contributed by atoms with Crippen molar-refractivity contribution in [1.29, 1.82) is 0 Å². The molecule has 2 atom stereocenters. The van der Waals surface area contributed by atoms with E-state index in [1.54, 1.807) is 12.4 Å². The fraction of sp³-hybridized carbons (Fsp3) is 0.294. The highest BCUT2D eigenvalue weighted by Gasteiger charge is 2.20. The van der Waals surface area contributed by atoms with Gasteiger partial charge >= 0.3 is 0 Å². The van der Waals surface area contributed by atoms with E-state index in [2.05, 4.69) is 97.8 Å². The predicted octanol–water partition coefficient (Wildman–Crippen LogP) is 7.00. The number of hydrogen-bond acceptors (Lipinski definition) is 6. The third kappa shape index (κ3) is 9.63. The third-order valence-corrected chi connectivity index (χ3v) is 7.48. The number of aryl methyl sites for hydroxylation is 3. The first-order valence-corrected chi connectivity index (χ1v) is 14.6. The van der Waals surface area contributed by atoms with Crippen molar-refractivity contribution in [2.24, 2.45) is 0 Å². The Morgan fingerprint density at radius 1 is 1.00 bits per heavy atom. The van der Waals surface area contributed by atoms with Crippen molar-refractivity contribution in [3.63, 3.8) is 0 Å². The maximum atomic E-state index is 10.2. The normalized spacial score (nSPS) is 14.3. The molecule has 0 saturated carbocycles. The highest BCUT2D eigenvalue weighted by atomic mass is 32.2. The zero-order valence-corrected chi connectivity index (χ0v) is 24.5. The van der Waals surface area contributed by atoms with Gasteiger partial charge in [0.25, 0.3) is 0 Å². The number of benzene rings is 3. The number of carbonyl (C=O) groups is 1. The Hall–Kier alpha value is -3.45. The summed E-state index contributed by atoms with van der Waals surface area (Å²) in [7, 11) is 0. The number of ether oxygens (including phenoxy) is 1. The molecule has 2 heterocycles. The lowest BCUT2D eigenvalue weighted by molar-refractivity contribution is -0.0980. The van der Waals surface area contributed by atoms with Gasteiger partial charge in [-0.2, -0.15) is 0 Å². The maximum absolute atomic E-state index is 10.2. The van der Waals surface area contributed by atoms with Crippen molar-refractivity contribution in [2.75, 3.05) is 18.8 Å². The molecule has 4 aromatic rings. The van der Waals surface area contributed by atoms with Gasteiger partial charge in [0.05, 0.1) is 6.10 Å². The summed E-state index contributed by atoms with van der Waals surface area (Å²) < 4.78 is 6.17. The molecule has 0 spiro atoms. The van der Waals surface area contributed by atoms with Gasteiger partial charge in [0.2, 0.25) is 0 Å². The molecule has 0 saturated heterocycles. The second-order valence-corrected chi connectivity index (χ2v) is 11.0. The van der Waals surface area contributed by atoms with Crippen LogP contribution in [0.25, 0.3) is 11.1 Å². The molecule has 0 radical (unpaired) electrons. The van der Waals surface area contributed by atoms with E-state index in [4.69, 9.17) is 9.53 Å². The fourth-order valence-electron chi connectivity index (χ4n) is 4.39. The van der Waals surface area contributed by atoms with Crippen LogP contribution in [0.2, 0.25) is 0 Å². The second-order valence-electron chi connectivity index (χ2n) is 9.67. The standard InChI is InChI=1S/C24H26N2O2.C9H12S.CH2O/c1-17-4-6-18(7-5-17)19-9-11-24-20(13-19)8-10-22(28-24)15-26-16-23(27)21-3-2-12-25-14-21;1-3-10-9-6-4-8(2)5-7-9;1-2/h2-7,9,11-14,22-23,26-27H,8,10,15-16H2,1H3;4-7H,3H2,1-2H3;1H2. The van der Waals surface area contributed by atoms with Gasteiger partial charge in [0.1, 0.15) is 18.6 Å². The van der Waals surface area contributed by atoms with E-state index in [1.807, 2.05) is 30.7 Å². The molecule has 5 rings (SSSR count). The average Bonchev–Trinajstić information content (AvgIpc) is 3.00. The number of nitrogens with one attached hydrogen (secondary N) is 1. The van der Waals surface area contributed by atoms with Crippen LogP contribution in [0.1, 0.15) is 41.7 Å². The van der Waals surface area contributed by atoms with Crippen molar-refractivity contribution in [2.45, 2.75) is 50.7 Å². The molecule has 1 aromatic heterocycles. The Morgan fingerprint density at radius 2 is 1.68 bits per heavy atom. The van der Waals surface area contributed by atoms with E-state index < -0.39 is 6.10 Å². The predicted molar refractivity (Wildman–Crippen MR) is 166 cm³/mol. The van der Waals surface area contributed by atoms with Crippen LogP contribution in [0.5, 0.6) is 5.75 Å². The molecule has 0 amide bonds. The van der Waals surface area contributed by atoms with Crippen LogP contribution in [-0.4, -0.2) is 41.8 Å². The summed E-state index contributed by atoms with van der Waals surface area (Å²) in [5.74, 6) is 2.13. The van der Waals surface area contributed by atoms with Crippen LogP contribution >= 0.6 is 11.8 Å². The Kier molecular flexibility index (Phi) is 12.9. The first-order valence-electron chi connectivity index (χ1n) is 13.7. The van der Waals surface area contributed by atoms with E-state index in [0.717, 1.165) is 36.5 Å². The smallest absolute Gasteiger partial charge is 0.123 e. The van der Waals surface area contributed by atoms with E-state index in [9.17, 15) is 5.11 Å². The number of rotatable bonds is 8. The maximum Gasteiger partial charge on any atom is 0.123 e. The highest BCUT2D eigenvalue weighted by molar-refractivity contribution is 7.99. The summed E-state index contributed by atoms with van der Waals surface area (Å²) in [6, 6.07) is 27.5. The summed E-state index contributed by atoms with van der Waals surface area (Å²) in [5.41, 5.74) is 7.17. The van der Waals surface area contributed by atoms with Gasteiger partial charge in [-0.15, -0.1) is 11.8 Å². The Bertz CT molecular complexity index is 1280. The molecule has 1 aliphatic heterocycles. The number of fused-ring (bicyclic) bond motifs is 1. The first kappa shape index (κ1) is 31.1. The Balaban J connectivity index is 0.000000309. The van der Waals surface area contributed by atoms with E-state index in [1.165, 1.54) is 32.7 Å². The molecule has 3 aromatic carbocycles. The number of thioether (sulfide) groups is 1. The first-order chi connectivity index (χ1) is 19.5. The molecule has 0 fully saturated rings. The molecule has 1 aliphatic rings. The van der Waals surface area contributed by atoms with Gasteiger partial charge in [-0.3, -0.25) is 4.98 Å². The number of pyridine rings is 1. The quantitative estimate of drug-likeness (QED) is 0.228. The zero-order chi connectivity index (χ0) is 28.7. The molecule has 0 bridgehead atoms. The molecular weight excluding hydrogens is 516 g/mol. The Labute approximate surface area is 243 Å². The van der Waals surface area contributed by atoms with Crippen molar-refractivity contribution in [1.82, 2.24) is 10.3 Å². The summed E-state index contributed by atoms with van der Waals surface area (Å²) in [6.07, 6.45) is 4.96. The van der Waals surface area contributed by atoms with Crippen molar-refractivity contribution in [3.8, 4) is 16.9 Å². The Morgan fingerprint density at radius 3 is 2.33 bits per heavy atom. The molecule has 6 heteroatoms. The molecule has 40 heavy (non-hydrogen) atoms. The second kappa shape index (κ2) is 16.6. The number of carbonyl (C=O) groups excluding carboxylic acids is 1. The highest BCUT2D eigenvalue weighted by Crippen LogP contribution is 2.32. The van der Waals surface area contributed by atoms with Crippen LogP contribution in [-0.2, 0) is 11.2 Å². The molecule has 2 N–H and O–H groups in total. The molecule has 2 unspecified atom stereocenters. The van der Waals surface area contributed by atoms with Crippen LogP contribution in [0.4, 0.5) is 0 Å². The molecule has 210 valence electrons. The average molecular weight is 557 g/mol. The number of nitrogens with zero attached hydrogens (tertiary/aromatic N) is 1. The minimum Gasteiger partial charge on any atom is -0.489 e. The largest absolute Gasteiger partial charge is 0.489 e. The molecule has 5 nitrogen and oxygen atoms in total. The summed E-state index contributed by atoms with van der Waals surface area (Å²) in [4.78, 5) is 13.4. The van der Waals surface area contributed by atoms with Crippen molar-refractivity contribution >= 4 is 18.6 Å². The van der Waals surface area contributed by atoms with Gasteiger partial charge in [-0.05, 0) is 79.5 Å². The van der Waals surface area contributed by atoms with E-state index in [0.29, 0.717) is 6.54 Å². The summed E-state index contributed by atoms with van der Waals surface area (Å²) in [6.45, 7) is 9.60. The fourth-order valence-corrected chi connectivity index (χ4v) is 5.05. The van der Waals surface area contributed by atoms with Gasteiger partial charge in [0, 0.05) is 35.9 Å². The van der Waals surface area contributed by atoms with Crippen LogP contribution in [0, 0.1) is 13.8 Å². The van der Waals surface area contributed by atoms with Gasteiger partial charge in [-0.25, -0.2) is 0 Å². The topological polar surface area (TPSA) is 71.5 Å². The molecule has 0 aliphatic carbocycles. The monoisotopic (exact) mass is 556 g/mol. The lowest BCUT2D eigenvalue weighted by atomic mass is 9.96. The summed E-state index contributed by atoms with van der Waals surface area (Å²) >= 11 is 1.88. The van der Waals surface area contributed by atoms with E-state index in [-0.39, 0.29) is 6.10 Å². The van der Waals surface area contributed by atoms with Crippen LogP contribution in [0.3, 0.4) is 0 Å². The number of hydrogen-bond donors (Lipinski definition) is 2. The number of aromatic nitrogens is 1. The minimum atomic E-state index is -0.554.